The Morgan fingerprint density at radius 3 is 2.90 bits per heavy atom. The summed E-state index contributed by atoms with van der Waals surface area (Å²) in [6, 6.07) is 9.61. The second-order valence-electron chi connectivity index (χ2n) is 5.28. The summed E-state index contributed by atoms with van der Waals surface area (Å²) in [6.45, 7) is 1.98. The van der Waals surface area contributed by atoms with Gasteiger partial charge in [0.15, 0.2) is 0 Å². The molecule has 0 bridgehead atoms. The molecule has 2 nitrogen and oxygen atoms in total. The molecule has 3 rings (SSSR count). The van der Waals surface area contributed by atoms with Gasteiger partial charge in [0.25, 0.3) is 0 Å². The lowest BCUT2D eigenvalue weighted by Crippen LogP contribution is -2.08. The quantitative estimate of drug-likeness (QED) is 0.789. The molecule has 0 amide bonds. The smallest absolute Gasteiger partial charge is 0.139 e. The molecule has 0 spiro atoms. The van der Waals surface area contributed by atoms with Crippen molar-refractivity contribution < 1.29 is 4.39 Å². The minimum absolute atomic E-state index is 0.227. The molecule has 104 valence electrons. The third-order valence-electron chi connectivity index (χ3n) is 3.84. The molecule has 4 heteroatoms. The topological polar surface area (TPSA) is 38.0 Å². The summed E-state index contributed by atoms with van der Waals surface area (Å²) in [6.07, 6.45) is 2.02. The third kappa shape index (κ3) is 2.40. The summed E-state index contributed by atoms with van der Waals surface area (Å²) in [4.78, 5) is 0. The molecule has 0 aromatic heterocycles. The Labute approximate surface area is 126 Å². The van der Waals surface area contributed by atoms with Gasteiger partial charge in [0, 0.05) is 11.4 Å². The first-order chi connectivity index (χ1) is 9.54. The van der Waals surface area contributed by atoms with Crippen molar-refractivity contribution in [3.8, 4) is 0 Å². The molecule has 1 aliphatic carbocycles. The molecule has 0 aliphatic heterocycles. The first-order valence-corrected chi connectivity index (χ1v) is 7.44. The summed E-state index contributed by atoms with van der Waals surface area (Å²) < 4.78 is 14.2. The van der Waals surface area contributed by atoms with Crippen LogP contribution in [0, 0.1) is 12.7 Å². The van der Waals surface area contributed by atoms with E-state index in [-0.39, 0.29) is 11.9 Å². The second kappa shape index (κ2) is 5.09. The fraction of sp³-hybridized carbons (Fsp3) is 0.250. The monoisotopic (exact) mass is 334 g/mol. The standard InChI is InChI=1S/C16H16BrFN2/c1-9-6-13(17)14(18)8-16(9)20-15-5-2-10-7-11(19)3-4-12(10)15/h3-4,6-8,15,20H,2,5,19H2,1H3. The van der Waals surface area contributed by atoms with E-state index in [1.54, 1.807) is 12.1 Å². The van der Waals surface area contributed by atoms with Crippen LogP contribution in [0.2, 0.25) is 0 Å². The maximum absolute atomic E-state index is 13.7. The van der Waals surface area contributed by atoms with Crippen molar-refractivity contribution >= 4 is 27.3 Å². The SMILES string of the molecule is Cc1cc(Br)c(F)cc1NC1CCc2cc(N)ccc21. The van der Waals surface area contributed by atoms with Gasteiger partial charge in [-0.15, -0.1) is 0 Å². The van der Waals surface area contributed by atoms with E-state index in [2.05, 4.69) is 27.3 Å². The number of fused-ring (bicyclic) bond motifs is 1. The van der Waals surface area contributed by atoms with E-state index in [1.807, 2.05) is 19.1 Å². The molecule has 0 saturated carbocycles. The van der Waals surface area contributed by atoms with Crippen LogP contribution >= 0.6 is 15.9 Å². The normalized spacial score (nSPS) is 17.1. The number of nitrogen functional groups attached to an aromatic ring is 1. The van der Waals surface area contributed by atoms with Crippen molar-refractivity contribution in [1.29, 1.82) is 0 Å². The van der Waals surface area contributed by atoms with Crippen molar-refractivity contribution in [1.82, 2.24) is 0 Å². The zero-order chi connectivity index (χ0) is 14.3. The molecule has 0 fully saturated rings. The number of rotatable bonds is 2. The van der Waals surface area contributed by atoms with Crippen LogP contribution in [0.25, 0.3) is 0 Å². The van der Waals surface area contributed by atoms with Crippen LogP contribution < -0.4 is 11.1 Å². The Bertz CT molecular complexity index is 670. The fourth-order valence-corrected chi connectivity index (χ4v) is 3.23. The molecule has 2 aromatic carbocycles. The van der Waals surface area contributed by atoms with Crippen molar-refractivity contribution in [3.05, 3.63) is 57.3 Å². The Morgan fingerprint density at radius 1 is 1.30 bits per heavy atom. The van der Waals surface area contributed by atoms with Gasteiger partial charge in [-0.2, -0.15) is 0 Å². The van der Waals surface area contributed by atoms with Gasteiger partial charge in [0.2, 0.25) is 0 Å². The lowest BCUT2D eigenvalue weighted by atomic mass is 10.1. The number of aryl methyl sites for hydroxylation is 2. The number of anilines is 2. The minimum Gasteiger partial charge on any atom is -0.399 e. The molecule has 1 aliphatic rings. The van der Waals surface area contributed by atoms with Crippen LogP contribution in [0.3, 0.4) is 0 Å². The molecule has 1 atom stereocenters. The van der Waals surface area contributed by atoms with Gasteiger partial charge in [0.1, 0.15) is 5.82 Å². The van der Waals surface area contributed by atoms with Crippen LogP contribution in [0.5, 0.6) is 0 Å². The van der Waals surface area contributed by atoms with E-state index < -0.39 is 0 Å². The van der Waals surface area contributed by atoms with E-state index in [0.29, 0.717) is 4.47 Å². The molecular formula is C16H16BrFN2. The molecular weight excluding hydrogens is 319 g/mol. The van der Waals surface area contributed by atoms with Crippen LogP contribution in [0.4, 0.5) is 15.8 Å². The zero-order valence-electron chi connectivity index (χ0n) is 11.2. The summed E-state index contributed by atoms with van der Waals surface area (Å²) in [7, 11) is 0. The van der Waals surface area contributed by atoms with Gasteiger partial charge in [-0.3, -0.25) is 0 Å². The number of hydrogen-bond acceptors (Lipinski definition) is 2. The largest absolute Gasteiger partial charge is 0.399 e. The highest BCUT2D eigenvalue weighted by Gasteiger charge is 2.23. The van der Waals surface area contributed by atoms with Crippen molar-refractivity contribution in [2.45, 2.75) is 25.8 Å². The van der Waals surface area contributed by atoms with E-state index in [0.717, 1.165) is 29.8 Å². The Balaban J connectivity index is 1.89. The second-order valence-corrected chi connectivity index (χ2v) is 6.13. The first-order valence-electron chi connectivity index (χ1n) is 6.65. The lowest BCUT2D eigenvalue weighted by Gasteiger charge is -2.18. The number of hydrogen-bond donors (Lipinski definition) is 2. The molecule has 1 unspecified atom stereocenters. The van der Waals surface area contributed by atoms with Crippen LogP contribution in [-0.4, -0.2) is 0 Å². The number of nitrogens with two attached hydrogens (primary N) is 1. The lowest BCUT2D eigenvalue weighted by molar-refractivity contribution is 0.620. The number of halogens is 2. The van der Waals surface area contributed by atoms with Crippen molar-refractivity contribution in [2.75, 3.05) is 11.1 Å². The highest BCUT2D eigenvalue weighted by molar-refractivity contribution is 9.10. The third-order valence-corrected chi connectivity index (χ3v) is 4.45. The maximum Gasteiger partial charge on any atom is 0.139 e. The summed E-state index contributed by atoms with van der Waals surface area (Å²) in [5, 5.41) is 3.45. The summed E-state index contributed by atoms with van der Waals surface area (Å²) >= 11 is 3.21. The van der Waals surface area contributed by atoms with Crippen molar-refractivity contribution in [3.63, 3.8) is 0 Å². The van der Waals surface area contributed by atoms with Crippen molar-refractivity contribution in [2.24, 2.45) is 0 Å². The predicted octanol–water partition coefficient (Wildman–Crippen LogP) is 4.58. The molecule has 0 saturated heterocycles. The molecule has 0 radical (unpaired) electrons. The van der Waals surface area contributed by atoms with Gasteiger partial charge in [-0.25, -0.2) is 4.39 Å². The number of nitrogens with one attached hydrogen (secondary N) is 1. The zero-order valence-corrected chi connectivity index (χ0v) is 12.8. The predicted molar refractivity (Wildman–Crippen MR) is 84.4 cm³/mol. The molecule has 20 heavy (non-hydrogen) atoms. The maximum atomic E-state index is 13.7. The highest BCUT2D eigenvalue weighted by Crippen LogP contribution is 2.36. The van der Waals surface area contributed by atoms with E-state index in [1.165, 1.54) is 11.1 Å². The Kier molecular flexibility index (Phi) is 3.42. The van der Waals surface area contributed by atoms with E-state index in [4.69, 9.17) is 5.73 Å². The average molecular weight is 335 g/mol. The summed E-state index contributed by atoms with van der Waals surface area (Å²) in [5.74, 6) is -0.242. The molecule has 2 aromatic rings. The molecule has 3 N–H and O–H groups in total. The van der Waals surface area contributed by atoms with Gasteiger partial charge in [-0.1, -0.05) is 6.07 Å². The van der Waals surface area contributed by atoms with Gasteiger partial charge in [-0.05, 0) is 76.7 Å². The van der Waals surface area contributed by atoms with E-state index in [9.17, 15) is 4.39 Å². The Hall–Kier alpha value is -1.55. The fourth-order valence-electron chi connectivity index (χ4n) is 2.78. The number of benzene rings is 2. The summed E-state index contributed by atoms with van der Waals surface area (Å²) in [5.41, 5.74) is 11.0. The minimum atomic E-state index is -0.242. The highest BCUT2D eigenvalue weighted by atomic mass is 79.9. The average Bonchev–Trinajstić information content (AvgIpc) is 2.78. The molecule has 0 heterocycles. The van der Waals surface area contributed by atoms with Gasteiger partial charge < -0.3 is 11.1 Å². The van der Waals surface area contributed by atoms with Crippen LogP contribution in [0.15, 0.2) is 34.8 Å². The van der Waals surface area contributed by atoms with Crippen LogP contribution in [0.1, 0.15) is 29.2 Å². The van der Waals surface area contributed by atoms with E-state index >= 15 is 0 Å². The van der Waals surface area contributed by atoms with Gasteiger partial charge in [0.05, 0.1) is 10.5 Å². The first kappa shape index (κ1) is 13.4. The Morgan fingerprint density at radius 2 is 2.10 bits per heavy atom. The van der Waals surface area contributed by atoms with Gasteiger partial charge >= 0.3 is 0 Å². The van der Waals surface area contributed by atoms with Crippen LogP contribution in [-0.2, 0) is 6.42 Å².